The number of benzene rings is 1. The molecule has 3 N–H and O–H groups in total. The fraction of sp³-hybridized carbons (Fsp3) is 0.500. The van der Waals surface area contributed by atoms with Gasteiger partial charge >= 0.3 is 5.97 Å². The van der Waals surface area contributed by atoms with Crippen LogP contribution in [0.15, 0.2) is 17.0 Å². The van der Waals surface area contributed by atoms with Crippen LogP contribution in [0.1, 0.15) is 25.0 Å². The minimum atomic E-state index is -3.85. The smallest absolute Gasteiger partial charge is 0.324 e. The van der Waals surface area contributed by atoms with Crippen LogP contribution in [0.4, 0.5) is 5.69 Å². The van der Waals surface area contributed by atoms with Gasteiger partial charge in [0.1, 0.15) is 6.04 Å². The number of esters is 1. The first kappa shape index (κ1) is 17.5. The van der Waals surface area contributed by atoms with E-state index in [1.165, 1.54) is 19.2 Å². The number of anilines is 1. The molecule has 0 heterocycles. The number of nitrogen functional groups attached to an aromatic ring is 1. The largest absolute Gasteiger partial charge is 0.468 e. The van der Waals surface area contributed by atoms with E-state index in [2.05, 4.69) is 9.46 Å². The number of aryl methyl sites for hydroxylation is 1. The topological polar surface area (TPSA) is 98.5 Å². The maximum atomic E-state index is 12.4. The number of nitrogens with two attached hydrogens (primary N) is 1. The van der Waals surface area contributed by atoms with Crippen molar-refractivity contribution in [2.24, 2.45) is 5.92 Å². The first-order chi connectivity index (χ1) is 9.60. The van der Waals surface area contributed by atoms with Gasteiger partial charge in [-0.05, 0) is 43.0 Å². The minimum absolute atomic E-state index is 0.0395. The summed E-state index contributed by atoms with van der Waals surface area (Å²) >= 11 is 0. The van der Waals surface area contributed by atoms with Crippen molar-refractivity contribution >= 4 is 21.7 Å². The number of hydrogen-bond donors (Lipinski definition) is 2. The first-order valence-corrected chi connectivity index (χ1v) is 8.05. The van der Waals surface area contributed by atoms with E-state index in [1.54, 1.807) is 20.8 Å². The second kappa shape index (κ2) is 6.44. The highest BCUT2D eigenvalue weighted by Crippen LogP contribution is 2.22. The summed E-state index contributed by atoms with van der Waals surface area (Å²) in [6, 6.07) is 1.98. The van der Waals surface area contributed by atoms with Gasteiger partial charge in [-0.1, -0.05) is 13.8 Å². The van der Waals surface area contributed by atoms with Crippen LogP contribution in [0.25, 0.3) is 0 Å². The molecule has 1 unspecified atom stereocenters. The van der Waals surface area contributed by atoms with E-state index >= 15 is 0 Å². The number of ether oxygens (including phenoxy) is 1. The molecule has 0 saturated carbocycles. The Morgan fingerprint density at radius 2 is 1.86 bits per heavy atom. The third-order valence-electron chi connectivity index (χ3n) is 3.40. The van der Waals surface area contributed by atoms with Crippen molar-refractivity contribution in [3.05, 3.63) is 23.3 Å². The molecule has 0 aliphatic rings. The van der Waals surface area contributed by atoms with E-state index in [9.17, 15) is 13.2 Å². The SMILES string of the molecule is COC(=O)C(NS(=O)(=O)c1cc(C)c(C)c(N)c1)C(C)C. The van der Waals surface area contributed by atoms with Crippen molar-refractivity contribution in [1.82, 2.24) is 4.72 Å². The van der Waals surface area contributed by atoms with E-state index in [4.69, 9.17) is 5.73 Å². The predicted molar refractivity (Wildman–Crippen MR) is 81.3 cm³/mol. The number of methoxy groups -OCH3 is 1. The zero-order valence-electron chi connectivity index (χ0n) is 12.9. The molecule has 0 fully saturated rings. The summed E-state index contributed by atoms with van der Waals surface area (Å²) in [5, 5.41) is 0. The maximum Gasteiger partial charge on any atom is 0.324 e. The maximum absolute atomic E-state index is 12.4. The standard InChI is InChI=1S/C14H22N2O4S/c1-8(2)13(14(17)20-5)16-21(18,19)11-6-9(3)10(4)12(15)7-11/h6-8,13,16H,15H2,1-5H3. The zero-order valence-corrected chi connectivity index (χ0v) is 13.7. The van der Waals surface area contributed by atoms with E-state index < -0.39 is 22.0 Å². The van der Waals surface area contributed by atoms with Crippen LogP contribution in [-0.2, 0) is 19.6 Å². The molecule has 0 bridgehead atoms. The van der Waals surface area contributed by atoms with Crippen molar-refractivity contribution < 1.29 is 17.9 Å². The average molecular weight is 314 g/mol. The van der Waals surface area contributed by atoms with Gasteiger partial charge in [0.25, 0.3) is 0 Å². The van der Waals surface area contributed by atoms with E-state index in [-0.39, 0.29) is 10.8 Å². The van der Waals surface area contributed by atoms with Crippen LogP contribution in [0.2, 0.25) is 0 Å². The third-order valence-corrected chi connectivity index (χ3v) is 4.82. The van der Waals surface area contributed by atoms with Crippen LogP contribution in [0, 0.1) is 19.8 Å². The molecule has 1 aromatic carbocycles. The Morgan fingerprint density at radius 3 is 2.29 bits per heavy atom. The van der Waals surface area contributed by atoms with Crippen molar-refractivity contribution in [3.63, 3.8) is 0 Å². The Kier molecular flexibility index (Phi) is 5.36. The van der Waals surface area contributed by atoms with Crippen LogP contribution < -0.4 is 10.5 Å². The Bertz CT molecular complexity index is 615. The Hall–Kier alpha value is -1.60. The summed E-state index contributed by atoms with van der Waals surface area (Å²) in [5.41, 5.74) is 7.82. The summed E-state index contributed by atoms with van der Waals surface area (Å²) < 4.78 is 31.8. The fourth-order valence-electron chi connectivity index (χ4n) is 1.83. The van der Waals surface area contributed by atoms with Gasteiger partial charge in [0, 0.05) is 5.69 Å². The van der Waals surface area contributed by atoms with Crippen LogP contribution >= 0.6 is 0 Å². The molecule has 0 saturated heterocycles. The lowest BCUT2D eigenvalue weighted by molar-refractivity contribution is -0.143. The molecule has 0 spiro atoms. The summed E-state index contributed by atoms with van der Waals surface area (Å²) in [4.78, 5) is 11.7. The number of carbonyl (C=O) groups excluding carboxylic acids is 1. The van der Waals surface area contributed by atoms with Crippen molar-refractivity contribution in [2.45, 2.75) is 38.6 Å². The highest BCUT2D eigenvalue weighted by atomic mass is 32.2. The summed E-state index contributed by atoms with van der Waals surface area (Å²) in [6.07, 6.45) is 0. The van der Waals surface area contributed by atoms with Crippen molar-refractivity contribution in [2.75, 3.05) is 12.8 Å². The molecule has 0 amide bonds. The molecule has 6 nitrogen and oxygen atoms in total. The minimum Gasteiger partial charge on any atom is -0.468 e. The first-order valence-electron chi connectivity index (χ1n) is 6.57. The summed E-state index contributed by atoms with van der Waals surface area (Å²) in [6.45, 7) is 7.07. The monoisotopic (exact) mass is 314 g/mol. The molecule has 0 aliphatic heterocycles. The lowest BCUT2D eigenvalue weighted by Gasteiger charge is -2.20. The van der Waals surface area contributed by atoms with Crippen LogP contribution in [-0.4, -0.2) is 27.5 Å². The zero-order chi connectivity index (χ0) is 16.4. The molecule has 118 valence electrons. The number of nitrogens with one attached hydrogen (secondary N) is 1. The summed E-state index contributed by atoms with van der Waals surface area (Å²) in [5.74, 6) is -0.860. The lowest BCUT2D eigenvalue weighted by Crippen LogP contribution is -2.44. The molecule has 0 aromatic heterocycles. The van der Waals surface area contributed by atoms with Gasteiger partial charge in [0.2, 0.25) is 10.0 Å². The highest BCUT2D eigenvalue weighted by molar-refractivity contribution is 7.89. The number of carbonyl (C=O) groups is 1. The number of rotatable bonds is 5. The van der Waals surface area contributed by atoms with Gasteiger partial charge in [-0.2, -0.15) is 4.72 Å². The van der Waals surface area contributed by atoms with E-state index in [0.717, 1.165) is 11.1 Å². The second-order valence-corrected chi connectivity index (χ2v) is 7.03. The van der Waals surface area contributed by atoms with Gasteiger partial charge in [0.15, 0.2) is 0 Å². The van der Waals surface area contributed by atoms with Crippen LogP contribution in [0.5, 0.6) is 0 Å². The second-order valence-electron chi connectivity index (χ2n) is 5.32. The van der Waals surface area contributed by atoms with E-state index in [0.29, 0.717) is 5.69 Å². The van der Waals surface area contributed by atoms with Gasteiger partial charge in [-0.15, -0.1) is 0 Å². The van der Waals surface area contributed by atoms with Gasteiger partial charge in [-0.25, -0.2) is 8.42 Å². The third kappa shape index (κ3) is 3.95. The van der Waals surface area contributed by atoms with Crippen molar-refractivity contribution in [1.29, 1.82) is 0 Å². The number of hydrogen-bond acceptors (Lipinski definition) is 5. The highest BCUT2D eigenvalue weighted by Gasteiger charge is 2.29. The van der Waals surface area contributed by atoms with Crippen LogP contribution in [0.3, 0.4) is 0 Å². The molecule has 1 atom stereocenters. The van der Waals surface area contributed by atoms with E-state index in [1.807, 2.05) is 6.92 Å². The fourth-order valence-corrected chi connectivity index (χ4v) is 3.28. The lowest BCUT2D eigenvalue weighted by atomic mass is 10.1. The normalized spacial score (nSPS) is 13.2. The van der Waals surface area contributed by atoms with Gasteiger partial charge in [-0.3, -0.25) is 4.79 Å². The molecule has 1 aromatic rings. The Labute approximate surface area is 125 Å². The van der Waals surface area contributed by atoms with Crippen molar-refractivity contribution in [3.8, 4) is 0 Å². The summed E-state index contributed by atoms with van der Waals surface area (Å²) in [7, 11) is -2.63. The number of sulfonamides is 1. The van der Waals surface area contributed by atoms with Gasteiger partial charge in [0.05, 0.1) is 12.0 Å². The predicted octanol–water partition coefficient (Wildman–Crippen LogP) is 1.36. The molecule has 0 radical (unpaired) electrons. The quantitative estimate of drug-likeness (QED) is 0.631. The molecule has 1 rings (SSSR count). The Balaban J connectivity index is 3.19. The van der Waals surface area contributed by atoms with Gasteiger partial charge < -0.3 is 10.5 Å². The molecule has 0 aliphatic carbocycles. The molecular formula is C14H22N2O4S. The average Bonchev–Trinajstić information content (AvgIpc) is 2.40. The molecule has 7 heteroatoms. The molecule has 21 heavy (non-hydrogen) atoms. The Morgan fingerprint density at radius 1 is 1.29 bits per heavy atom. The molecular weight excluding hydrogens is 292 g/mol.